The molecule has 0 radical (unpaired) electrons. The minimum absolute atomic E-state index is 0.00995. The molecule has 2 N–H and O–H groups in total. The van der Waals surface area contributed by atoms with Crippen LogP contribution in [0.5, 0.6) is 0 Å². The standard InChI is InChI=1S/C22H26N4O3/c1-2-26-22-17(11-23-26)9-18-10-21(28)25-20(16-6-4-3-5-7-16)14-29-13-15(12-27)8-19(22)24-18/h3-7,9,11,15,20,27H,2,8,10,12-14H2,1H3,(H,25,28)/t15?,20-/m1/s1. The number of aliphatic hydroxyl groups is 1. The van der Waals surface area contributed by atoms with Crippen molar-refractivity contribution in [3.05, 3.63) is 59.5 Å². The topological polar surface area (TPSA) is 89.3 Å². The number of aliphatic hydroxyl groups excluding tert-OH is 1. The van der Waals surface area contributed by atoms with Crippen molar-refractivity contribution in [3.8, 4) is 0 Å². The molecule has 1 aliphatic heterocycles. The molecular weight excluding hydrogens is 368 g/mol. The van der Waals surface area contributed by atoms with Crippen molar-refractivity contribution in [3.63, 3.8) is 0 Å². The molecule has 1 unspecified atom stereocenters. The maximum atomic E-state index is 12.7. The van der Waals surface area contributed by atoms with Gasteiger partial charge in [0.2, 0.25) is 5.91 Å². The predicted molar refractivity (Wildman–Crippen MR) is 109 cm³/mol. The highest BCUT2D eigenvalue weighted by atomic mass is 16.5. The Labute approximate surface area is 169 Å². The molecule has 4 rings (SSSR count). The van der Waals surface area contributed by atoms with Gasteiger partial charge in [-0.1, -0.05) is 30.3 Å². The van der Waals surface area contributed by atoms with Crippen molar-refractivity contribution in [1.82, 2.24) is 20.1 Å². The Bertz CT molecular complexity index is 986. The number of fused-ring (bicyclic) bond motifs is 4. The maximum absolute atomic E-state index is 12.7. The normalized spacial score (nSPS) is 20.7. The van der Waals surface area contributed by atoms with Gasteiger partial charge >= 0.3 is 0 Å². The molecule has 7 heteroatoms. The van der Waals surface area contributed by atoms with Gasteiger partial charge in [-0.25, -0.2) is 0 Å². The first-order valence-electron chi connectivity index (χ1n) is 10.0. The Kier molecular flexibility index (Phi) is 5.87. The molecule has 0 fully saturated rings. The molecule has 29 heavy (non-hydrogen) atoms. The predicted octanol–water partition coefficient (Wildman–Crippen LogP) is 2.03. The van der Waals surface area contributed by atoms with Crippen LogP contribution in [0.4, 0.5) is 0 Å². The van der Waals surface area contributed by atoms with Crippen LogP contribution in [0.15, 0.2) is 42.6 Å². The van der Waals surface area contributed by atoms with Gasteiger partial charge in [-0.05, 0) is 25.0 Å². The van der Waals surface area contributed by atoms with E-state index in [9.17, 15) is 9.90 Å². The van der Waals surface area contributed by atoms with E-state index >= 15 is 0 Å². The quantitative estimate of drug-likeness (QED) is 0.710. The number of aryl methyl sites for hydroxylation is 1. The summed E-state index contributed by atoms with van der Waals surface area (Å²) in [5.74, 6) is -0.171. The molecule has 1 aliphatic rings. The molecule has 0 saturated heterocycles. The van der Waals surface area contributed by atoms with Crippen LogP contribution >= 0.6 is 0 Å². The highest BCUT2D eigenvalue weighted by Gasteiger charge is 2.21. The lowest BCUT2D eigenvalue weighted by Gasteiger charge is -2.23. The third kappa shape index (κ3) is 4.31. The second kappa shape index (κ2) is 8.71. The highest BCUT2D eigenvalue weighted by Crippen LogP contribution is 2.23. The van der Waals surface area contributed by atoms with Gasteiger partial charge in [0.05, 0.1) is 48.8 Å². The number of hydrogen-bond donors (Lipinski definition) is 2. The highest BCUT2D eigenvalue weighted by molar-refractivity contribution is 5.84. The number of aromatic nitrogens is 3. The first-order chi connectivity index (χ1) is 14.2. The zero-order valence-corrected chi connectivity index (χ0v) is 16.5. The molecular formula is C22H26N4O3. The number of carbonyl (C=O) groups is 1. The lowest BCUT2D eigenvalue weighted by Crippen LogP contribution is -2.34. The average molecular weight is 394 g/mol. The number of ether oxygens (including phenoxy) is 1. The Morgan fingerprint density at radius 1 is 1.28 bits per heavy atom. The Morgan fingerprint density at radius 3 is 2.86 bits per heavy atom. The summed E-state index contributed by atoms with van der Waals surface area (Å²) in [6.07, 6.45) is 2.58. The van der Waals surface area contributed by atoms with E-state index in [-0.39, 0.29) is 30.9 Å². The largest absolute Gasteiger partial charge is 0.396 e. The Balaban J connectivity index is 1.70. The fourth-order valence-corrected chi connectivity index (χ4v) is 3.85. The van der Waals surface area contributed by atoms with Crippen LogP contribution in [0, 0.1) is 5.92 Å². The van der Waals surface area contributed by atoms with E-state index in [0.717, 1.165) is 28.7 Å². The summed E-state index contributed by atoms with van der Waals surface area (Å²) < 4.78 is 7.83. The molecule has 2 bridgehead atoms. The molecule has 1 aromatic carbocycles. The van der Waals surface area contributed by atoms with Crippen LogP contribution in [0.1, 0.15) is 29.9 Å². The number of amides is 1. The minimum atomic E-state index is -0.242. The summed E-state index contributed by atoms with van der Waals surface area (Å²) in [6, 6.07) is 11.5. The second-order valence-corrected chi connectivity index (χ2v) is 7.46. The number of nitrogens with zero attached hydrogens (tertiary/aromatic N) is 3. The van der Waals surface area contributed by atoms with E-state index in [1.165, 1.54) is 0 Å². The van der Waals surface area contributed by atoms with E-state index in [1.807, 2.05) is 54.2 Å². The summed E-state index contributed by atoms with van der Waals surface area (Å²) in [7, 11) is 0. The van der Waals surface area contributed by atoms with Gasteiger partial charge < -0.3 is 15.2 Å². The molecule has 2 aromatic heterocycles. The number of rotatable bonds is 3. The van der Waals surface area contributed by atoms with E-state index in [4.69, 9.17) is 9.72 Å². The molecule has 152 valence electrons. The fourth-order valence-electron chi connectivity index (χ4n) is 3.85. The van der Waals surface area contributed by atoms with Gasteiger partial charge in [-0.2, -0.15) is 5.10 Å². The SMILES string of the molecule is CCn1ncc2cc3nc(c21)CC(CO)COC[C@H](c1ccccc1)NC(=O)C3. The first kappa shape index (κ1) is 19.5. The van der Waals surface area contributed by atoms with Crippen LogP contribution < -0.4 is 5.32 Å². The van der Waals surface area contributed by atoms with Crippen molar-refractivity contribution in [2.45, 2.75) is 32.4 Å². The molecule has 3 aromatic rings. The molecule has 3 heterocycles. The summed E-state index contributed by atoms with van der Waals surface area (Å²) in [4.78, 5) is 17.5. The van der Waals surface area contributed by atoms with Gasteiger partial charge in [-0.3, -0.25) is 14.5 Å². The minimum Gasteiger partial charge on any atom is -0.396 e. The second-order valence-electron chi connectivity index (χ2n) is 7.46. The lowest BCUT2D eigenvalue weighted by atomic mass is 10.0. The van der Waals surface area contributed by atoms with Gasteiger partial charge in [0.25, 0.3) is 0 Å². The summed E-state index contributed by atoms with van der Waals surface area (Å²) in [6.45, 7) is 3.53. The van der Waals surface area contributed by atoms with Gasteiger partial charge in [0, 0.05) is 24.5 Å². The number of carbonyl (C=O) groups excluding carboxylic acids is 1. The molecule has 7 nitrogen and oxygen atoms in total. The first-order valence-corrected chi connectivity index (χ1v) is 10.0. The van der Waals surface area contributed by atoms with Crippen molar-refractivity contribution < 1.29 is 14.6 Å². The summed E-state index contributed by atoms with van der Waals surface area (Å²) >= 11 is 0. The van der Waals surface area contributed by atoms with E-state index in [0.29, 0.717) is 25.3 Å². The van der Waals surface area contributed by atoms with Crippen LogP contribution in [-0.2, 0) is 28.9 Å². The van der Waals surface area contributed by atoms with E-state index in [1.54, 1.807) is 0 Å². The maximum Gasteiger partial charge on any atom is 0.226 e. The van der Waals surface area contributed by atoms with Crippen molar-refractivity contribution in [2.75, 3.05) is 19.8 Å². The van der Waals surface area contributed by atoms with Gasteiger partial charge in [0.15, 0.2) is 0 Å². The molecule has 1 amide bonds. The molecule has 0 spiro atoms. The van der Waals surface area contributed by atoms with Crippen molar-refractivity contribution in [2.24, 2.45) is 5.92 Å². The summed E-state index contributed by atoms with van der Waals surface area (Å²) in [5, 5.41) is 18.4. The Hall–Kier alpha value is -2.77. The zero-order chi connectivity index (χ0) is 20.2. The molecule has 0 aliphatic carbocycles. The van der Waals surface area contributed by atoms with Crippen LogP contribution in [0.25, 0.3) is 10.9 Å². The van der Waals surface area contributed by atoms with Crippen molar-refractivity contribution >= 4 is 16.8 Å². The smallest absolute Gasteiger partial charge is 0.226 e. The third-order valence-corrected chi connectivity index (χ3v) is 5.30. The average Bonchev–Trinajstić information content (AvgIpc) is 3.15. The van der Waals surface area contributed by atoms with Gasteiger partial charge in [-0.15, -0.1) is 0 Å². The van der Waals surface area contributed by atoms with Crippen LogP contribution in [0.2, 0.25) is 0 Å². The monoisotopic (exact) mass is 394 g/mol. The molecule has 2 atom stereocenters. The number of nitrogens with one attached hydrogen (secondary N) is 1. The Morgan fingerprint density at radius 2 is 2.10 bits per heavy atom. The number of benzene rings is 1. The van der Waals surface area contributed by atoms with Crippen molar-refractivity contribution in [1.29, 1.82) is 0 Å². The fraction of sp³-hybridized carbons (Fsp3) is 0.409. The lowest BCUT2D eigenvalue weighted by molar-refractivity contribution is -0.121. The number of pyridine rings is 1. The van der Waals surface area contributed by atoms with Crippen LogP contribution in [-0.4, -0.2) is 45.6 Å². The van der Waals surface area contributed by atoms with E-state index in [2.05, 4.69) is 10.4 Å². The van der Waals surface area contributed by atoms with E-state index < -0.39 is 0 Å². The summed E-state index contributed by atoms with van der Waals surface area (Å²) in [5.41, 5.74) is 3.53. The van der Waals surface area contributed by atoms with Crippen LogP contribution in [0.3, 0.4) is 0 Å². The number of hydrogen-bond acceptors (Lipinski definition) is 5. The third-order valence-electron chi connectivity index (χ3n) is 5.30. The molecule has 0 saturated carbocycles. The zero-order valence-electron chi connectivity index (χ0n) is 16.5. The van der Waals surface area contributed by atoms with Gasteiger partial charge in [0.1, 0.15) is 0 Å².